The quantitative estimate of drug-likeness (QED) is 0.307. The number of halogens is 1. The summed E-state index contributed by atoms with van der Waals surface area (Å²) in [6.45, 7) is 1.95. The molecular formula is C27H24ClN5O2. The first kappa shape index (κ1) is 23.9. The molecule has 0 radical (unpaired) electrons. The molecule has 0 fully saturated rings. The summed E-state index contributed by atoms with van der Waals surface area (Å²) in [6, 6.07) is 24.0. The van der Waals surface area contributed by atoms with Crippen LogP contribution in [0.4, 0.5) is 17.3 Å². The first-order chi connectivity index (χ1) is 17.0. The van der Waals surface area contributed by atoms with Crippen molar-refractivity contribution in [1.82, 2.24) is 15.3 Å². The Balaban J connectivity index is 1.39. The van der Waals surface area contributed by atoms with Crippen LogP contribution >= 0.6 is 11.6 Å². The van der Waals surface area contributed by atoms with Crippen LogP contribution in [-0.4, -0.2) is 28.3 Å². The van der Waals surface area contributed by atoms with Crippen molar-refractivity contribution in [3.8, 4) is 11.3 Å². The summed E-state index contributed by atoms with van der Waals surface area (Å²) < 4.78 is 0. The molecule has 0 aliphatic rings. The summed E-state index contributed by atoms with van der Waals surface area (Å²) in [5, 5.41) is 9.53. The average molecular weight is 486 g/mol. The number of rotatable bonds is 8. The lowest BCUT2D eigenvalue weighted by atomic mass is 10.1. The van der Waals surface area contributed by atoms with Crippen LogP contribution in [0.3, 0.4) is 0 Å². The van der Waals surface area contributed by atoms with Crippen LogP contribution in [0.1, 0.15) is 22.8 Å². The van der Waals surface area contributed by atoms with Gasteiger partial charge in [-0.05, 0) is 54.4 Å². The van der Waals surface area contributed by atoms with Crippen LogP contribution in [0.5, 0.6) is 0 Å². The normalized spacial score (nSPS) is 10.5. The van der Waals surface area contributed by atoms with Crippen LogP contribution < -0.4 is 16.0 Å². The Morgan fingerprint density at radius 2 is 1.71 bits per heavy atom. The number of amides is 2. The molecule has 0 aliphatic heterocycles. The fraction of sp³-hybridized carbons (Fsp3) is 0.111. The van der Waals surface area contributed by atoms with E-state index in [9.17, 15) is 9.59 Å². The van der Waals surface area contributed by atoms with Crippen LogP contribution in [0.15, 0.2) is 85.1 Å². The molecule has 4 rings (SSSR count). The van der Waals surface area contributed by atoms with Crippen LogP contribution in [0, 0.1) is 0 Å². The maximum Gasteiger partial charge on any atom is 0.251 e. The highest BCUT2D eigenvalue weighted by atomic mass is 35.5. The third-order valence-electron chi connectivity index (χ3n) is 5.18. The van der Waals surface area contributed by atoms with Gasteiger partial charge in [0, 0.05) is 47.2 Å². The van der Waals surface area contributed by atoms with E-state index in [-0.39, 0.29) is 11.8 Å². The zero-order valence-electron chi connectivity index (χ0n) is 19.1. The second-order valence-electron chi connectivity index (χ2n) is 7.83. The summed E-state index contributed by atoms with van der Waals surface area (Å²) in [5.41, 5.74) is 4.55. The van der Waals surface area contributed by atoms with Crippen molar-refractivity contribution in [2.75, 3.05) is 17.2 Å². The smallest absolute Gasteiger partial charge is 0.251 e. The minimum Gasteiger partial charge on any atom is -0.352 e. The Morgan fingerprint density at radius 3 is 2.49 bits per heavy atom. The second kappa shape index (κ2) is 11.3. The number of carbonyl (C=O) groups is 2. The Bertz CT molecular complexity index is 1340. The highest BCUT2D eigenvalue weighted by Gasteiger charge is 2.09. The first-order valence-electron chi connectivity index (χ1n) is 11.1. The molecule has 3 N–H and O–H groups in total. The fourth-order valence-corrected chi connectivity index (χ4v) is 3.72. The molecule has 0 bridgehead atoms. The summed E-state index contributed by atoms with van der Waals surface area (Å²) in [6.07, 6.45) is 2.31. The van der Waals surface area contributed by atoms with Gasteiger partial charge in [0.25, 0.3) is 5.91 Å². The number of benzene rings is 3. The molecule has 4 aromatic rings. The van der Waals surface area contributed by atoms with Crippen molar-refractivity contribution in [2.24, 2.45) is 0 Å². The van der Waals surface area contributed by atoms with Crippen molar-refractivity contribution in [2.45, 2.75) is 13.3 Å². The van der Waals surface area contributed by atoms with Crippen molar-refractivity contribution in [3.05, 3.63) is 101 Å². The largest absolute Gasteiger partial charge is 0.352 e. The summed E-state index contributed by atoms with van der Waals surface area (Å²) in [4.78, 5) is 32.7. The van der Waals surface area contributed by atoms with E-state index in [0.717, 1.165) is 22.5 Å². The Morgan fingerprint density at radius 1 is 0.914 bits per heavy atom. The molecule has 8 heteroatoms. The molecule has 0 atom stereocenters. The van der Waals surface area contributed by atoms with Gasteiger partial charge in [-0.15, -0.1) is 0 Å². The fourth-order valence-electron chi connectivity index (χ4n) is 3.49. The lowest BCUT2D eigenvalue weighted by Crippen LogP contribution is -2.25. The minimum atomic E-state index is -0.172. The van der Waals surface area contributed by atoms with Gasteiger partial charge in [-0.2, -0.15) is 0 Å². The zero-order valence-corrected chi connectivity index (χ0v) is 19.8. The van der Waals surface area contributed by atoms with Gasteiger partial charge in [-0.3, -0.25) is 9.59 Å². The number of nitrogens with one attached hydrogen (secondary N) is 3. The van der Waals surface area contributed by atoms with Crippen molar-refractivity contribution in [3.63, 3.8) is 0 Å². The van der Waals surface area contributed by atoms with E-state index in [1.165, 1.54) is 6.92 Å². The summed E-state index contributed by atoms with van der Waals surface area (Å²) >= 11 is 6.18. The molecule has 176 valence electrons. The van der Waals surface area contributed by atoms with E-state index in [0.29, 0.717) is 35.2 Å². The highest BCUT2D eigenvalue weighted by Crippen LogP contribution is 2.22. The molecule has 0 saturated heterocycles. The van der Waals surface area contributed by atoms with Gasteiger partial charge in [-0.1, -0.05) is 48.0 Å². The number of aromatic nitrogens is 2. The molecule has 7 nitrogen and oxygen atoms in total. The van der Waals surface area contributed by atoms with E-state index >= 15 is 0 Å². The molecule has 2 amide bonds. The Labute approximate surface area is 208 Å². The Hall–Kier alpha value is -4.23. The molecule has 0 aliphatic carbocycles. The van der Waals surface area contributed by atoms with E-state index in [4.69, 9.17) is 11.6 Å². The molecule has 0 saturated carbocycles. The number of hydrogen-bond acceptors (Lipinski definition) is 5. The predicted molar refractivity (Wildman–Crippen MR) is 139 cm³/mol. The third kappa shape index (κ3) is 6.65. The summed E-state index contributed by atoms with van der Waals surface area (Å²) in [7, 11) is 0. The Kier molecular flexibility index (Phi) is 7.70. The van der Waals surface area contributed by atoms with E-state index in [2.05, 4.69) is 25.9 Å². The topological polar surface area (TPSA) is 96.0 Å². The average Bonchev–Trinajstić information content (AvgIpc) is 2.85. The highest BCUT2D eigenvalue weighted by molar-refractivity contribution is 6.31. The van der Waals surface area contributed by atoms with Gasteiger partial charge in [0.1, 0.15) is 0 Å². The number of nitrogens with zero attached hydrogens (tertiary/aromatic N) is 2. The predicted octanol–water partition coefficient (Wildman–Crippen LogP) is 5.47. The van der Waals surface area contributed by atoms with Gasteiger partial charge in [0.15, 0.2) is 0 Å². The van der Waals surface area contributed by atoms with Crippen LogP contribution in [-0.2, 0) is 11.2 Å². The number of anilines is 3. The lowest BCUT2D eigenvalue weighted by molar-refractivity contribution is -0.114. The lowest BCUT2D eigenvalue weighted by Gasteiger charge is -2.10. The van der Waals surface area contributed by atoms with Crippen LogP contribution in [0.2, 0.25) is 5.02 Å². The minimum absolute atomic E-state index is 0.122. The van der Waals surface area contributed by atoms with Crippen molar-refractivity contribution < 1.29 is 9.59 Å². The van der Waals surface area contributed by atoms with E-state index in [1.807, 2.05) is 54.6 Å². The molecule has 0 unspecified atom stereocenters. The zero-order chi connectivity index (χ0) is 24.6. The SMILES string of the molecule is CC(=O)Nc1ccc(-c2ccnc(Nc3cccc(C(=O)NCCc4ccccc4Cl)c3)n2)cc1. The second-order valence-corrected chi connectivity index (χ2v) is 8.23. The molecular weight excluding hydrogens is 462 g/mol. The van der Waals surface area contributed by atoms with Gasteiger partial charge in [0.2, 0.25) is 11.9 Å². The number of carbonyl (C=O) groups excluding carboxylic acids is 2. The van der Waals surface area contributed by atoms with Gasteiger partial charge in [-0.25, -0.2) is 9.97 Å². The van der Waals surface area contributed by atoms with Crippen molar-refractivity contribution in [1.29, 1.82) is 0 Å². The standard InChI is InChI=1S/C27H24ClN5O2/c1-18(34)31-22-11-9-20(10-12-22)25-14-16-30-27(33-25)32-23-7-4-6-21(17-23)26(35)29-15-13-19-5-2-3-8-24(19)28/h2-12,14,16-17H,13,15H2,1H3,(H,29,35)(H,31,34)(H,30,32,33). The van der Waals surface area contributed by atoms with Gasteiger partial charge < -0.3 is 16.0 Å². The molecule has 1 aromatic heterocycles. The monoisotopic (exact) mass is 485 g/mol. The maximum absolute atomic E-state index is 12.6. The maximum atomic E-state index is 12.6. The number of hydrogen-bond donors (Lipinski definition) is 3. The molecule has 1 heterocycles. The van der Waals surface area contributed by atoms with E-state index in [1.54, 1.807) is 30.5 Å². The first-order valence-corrected chi connectivity index (χ1v) is 11.5. The molecule has 3 aromatic carbocycles. The van der Waals surface area contributed by atoms with Gasteiger partial charge in [0.05, 0.1) is 5.69 Å². The van der Waals surface area contributed by atoms with E-state index < -0.39 is 0 Å². The molecule has 0 spiro atoms. The summed E-state index contributed by atoms with van der Waals surface area (Å²) in [5.74, 6) is 0.113. The van der Waals surface area contributed by atoms with Crippen LogP contribution in [0.25, 0.3) is 11.3 Å². The van der Waals surface area contributed by atoms with Crippen molar-refractivity contribution >= 4 is 40.7 Å². The third-order valence-corrected chi connectivity index (χ3v) is 5.54. The van der Waals surface area contributed by atoms with Gasteiger partial charge >= 0.3 is 0 Å². The molecule has 35 heavy (non-hydrogen) atoms.